The van der Waals surface area contributed by atoms with Gasteiger partial charge in [-0.2, -0.15) is 0 Å². The number of nitrogens with zero attached hydrogens (tertiary/aromatic N) is 3. The van der Waals surface area contributed by atoms with Crippen LogP contribution in [0, 0.1) is 0 Å². The minimum Gasteiger partial charge on any atom is -0.480 e. The van der Waals surface area contributed by atoms with E-state index in [1.54, 1.807) is 11.3 Å². The molecule has 4 rings (SSSR count). The van der Waals surface area contributed by atoms with Crippen LogP contribution in [-0.2, 0) is 17.6 Å². The molecule has 1 N–H and O–H groups in total. The van der Waals surface area contributed by atoms with Gasteiger partial charge in [-0.05, 0) is 50.3 Å². The van der Waals surface area contributed by atoms with Crippen LogP contribution in [0.25, 0.3) is 10.2 Å². The molecule has 0 radical (unpaired) electrons. The van der Waals surface area contributed by atoms with Gasteiger partial charge in [-0.15, -0.1) is 11.3 Å². The largest absolute Gasteiger partial charge is 0.480 e. The second kappa shape index (κ2) is 5.94. The number of thiophene rings is 1. The molecule has 7 heteroatoms. The lowest BCUT2D eigenvalue weighted by molar-refractivity contribution is -0.138. The molecule has 5 nitrogen and oxygen atoms in total. The van der Waals surface area contributed by atoms with Crippen molar-refractivity contribution in [3.05, 3.63) is 10.4 Å². The lowest BCUT2D eigenvalue weighted by atomic mass is 9.97. The normalized spacial score (nSPS) is 20.9. The molecule has 0 aromatic carbocycles. The lowest BCUT2D eigenvalue weighted by Crippen LogP contribution is -2.36. The first kappa shape index (κ1) is 15.2. The molecular weight excluding hydrogens is 330 g/mol. The Bertz CT molecular complexity index is 774. The van der Waals surface area contributed by atoms with Gasteiger partial charge >= 0.3 is 5.97 Å². The Hall–Kier alpha value is -1.34. The molecule has 1 atom stereocenters. The molecule has 0 spiro atoms. The fourth-order valence-corrected chi connectivity index (χ4v) is 5.37. The summed E-state index contributed by atoms with van der Waals surface area (Å²) in [6, 6.07) is -0.457. The Morgan fingerprint density at radius 3 is 2.91 bits per heavy atom. The lowest BCUT2D eigenvalue weighted by Gasteiger charge is -2.24. The van der Waals surface area contributed by atoms with Gasteiger partial charge in [0.15, 0.2) is 5.16 Å². The predicted molar refractivity (Wildman–Crippen MR) is 93.8 cm³/mol. The van der Waals surface area contributed by atoms with Crippen LogP contribution in [0.2, 0.25) is 0 Å². The van der Waals surface area contributed by atoms with Crippen molar-refractivity contribution in [1.82, 2.24) is 9.97 Å². The number of aryl methyl sites for hydroxylation is 2. The minimum atomic E-state index is -0.746. The van der Waals surface area contributed by atoms with Gasteiger partial charge in [-0.3, -0.25) is 0 Å². The van der Waals surface area contributed by atoms with Crippen LogP contribution in [0.3, 0.4) is 0 Å². The molecule has 1 unspecified atom stereocenters. The standard InChI is InChI=1S/C16H19N3O2S2/c1-22-16-17-13(19-8-4-6-10(19)15(20)21)12-9-5-2-3-7-11(9)23-14(12)18-16/h10H,2-8H2,1H3,(H,20,21). The van der Waals surface area contributed by atoms with Crippen LogP contribution in [0.5, 0.6) is 0 Å². The van der Waals surface area contributed by atoms with E-state index < -0.39 is 12.0 Å². The maximum atomic E-state index is 11.6. The van der Waals surface area contributed by atoms with E-state index in [1.807, 2.05) is 11.2 Å². The molecule has 0 saturated carbocycles. The maximum absolute atomic E-state index is 11.6. The summed E-state index contributed by atoms with van der Waals surface area (Å²) in [5.41, 5.74) is 1.37. The smallest absolute Gasteiger partial charge is 0.326 e. The average Bonchev–Trinajstić information content (AvgIpc) is 3.18. The second-order valence-corrected chi connectivity index (χ2v) is 7.97. The van der Waals surface area contributed by atoms with Gasteiger partial charge in [0.1, 0.15) is 16.7 Å². The summed E-state index contributed by atoms with van der Waals surface area (Å²) >= 11 is 3.30. The average molecular weight is 349 g/mol. The fraction of sp³-hybridized carbons (Fsp3) is 0.562. The van der Waals surface area contributed by atoms with Crippen molar-refractivity contribution < 1.29 is 9.90 Å². The molecule has 1 fully saturated rings. The number of aliphatic carboxylic acids is 1. The van der Waals surface area contributed by atoms with E-state index in [2.05, 4.69) is 0 Å². The Kier molecular flexibility index (Phi) is 3.93. The van der Waals surface area contributed by atoms with Crippen molar-refractivity contribution >= 4 is 45.1 Å². The summed E-state index contributed by atoms with van der Waals surface area (Å²) in [4.78, 5) is 25.5. The predicted octanol–water partition coefficient (Wildman–Crippen LogP) is 3.35. The van der Waals surface area contributed by atoms with E-state index in [4.69, 9.17) is 9.97 Å². The molecule has 0 bridgehead atoms. The number of carbonyl (C=O) groups is 1. The number of rotatable bonds is 3. The molecule has 122 valence electrons. The van der Waals surface area contributed by atoms with Crippen molar-refractivity contribution in [3.63, 3.8) is 0 Å². The van der Waals surface area contributed by atoms with E-state index in [9.17, 15) is 9.90 Å². The first-order chi connectivity index (χ1) is 11.2. The Balaban J connectivity index is 1.93. The van der Waals surface area contributed by atoms with Crippen LogP contribution in [0.1, 0.15) is 36.1 Å². The van der Waals surface area contributed by atoms with Crippen molar-refractivity contribution in [2.24, 2.45) is 0 Å². The van der Waals surface area contributed by atoms with Gasteiger partial charge in [0.05, 0.1) is 5.39 Å². The maximum Gasteiger partial charge on any atom is 0.326 e. The highest BCUT2D eigenvalue weighted by Gasteiger charge is 2.34. The van der Waals surface area contributed by atoms with Gasteiger partial charge in [0, 0.05) is 11.4 Å². The molecule has 2 aliphatic rings. The highest BCUT2D eigenvalue weighted by atomic mass is 32.2. The molecule has 1 aliphatic carbocycles. The van der Waals surface area contributed by atoms with Crippen molar-refractivity contribution in [1.29, 1.82) is 0 Å². The van der Waals surface area contributed by atoms with Gasteiger partial charge in [0.2, 0.25) is 0 Å². The van der Waals surface area contributed by atoms with Crippen LogP contribution < -0.4 is 4.90 Å². The SMILES string of the molecule is CSc1nc(N2CCCC2C(=O)O)c2c3c(sc2n1)CCCC3. The first-order valence-corrected chi connectivity index (χ1v) is 10.1. The minimum absolute atomic E-state index is 0.457. The zero-order valence-electron chi connectivity index (χ0n) is 13.0. The molecule has 2 aromatic heterocycles. The number of fused-ring (bicyclic) bond motifs is 3. The number of hydrogen-bond acceptors (Lipinski definition) is 6. The second-order valence-electron chi connectivity index (χ2n) is 6.11. The van der Waals surface area contributed by atoms with E-state index in [0.29, 0.717) is 6.42 Å². The van der Waals surface area contributed by atoms with Gasteiger partial charge in [-0.1, -0.05) is 11.8 Å². The molecule has 1 saturated heterocycles. The quantitative estimate of drug-likeness (QED) is 0.677. The third kappa shape index (κ3) is 2.50. The number of anilines is 1. The molecule has 0 amide bonds. The summed E-state index contributed by atoms with van der Waals surface area (Å²) in [5, 5.41) is 11.4. The van der Waals surface area contributed by atoms with Crippen LogP contribution >= 0.6 is 23.1 Å². The third-order valence-corrected chi connectivity index (χ3v) is 6.50. The summed E-state index contributed by atoms with van der Waals surface area (Å²) in [6.45, 7) is 0.765. The zero-order chi connectivity index (χ0) is 16.0. The number of carboxylic acid groups (broad SMARTS) is 1. The molecule has 3 heterocycles. The van der Waals surface area contributed by atoms with Crippen molar-refractivity contribution in [3.8, 4) is 0 Å². The summed E-state index contributed by atoms with van der Waals surface area (Å²) in [7, 11) is 0. The Labute approximate surface area is 143 Å². The van der Waals surface area contributed by atoms with Gasteiger partial charge < -0.3 is 10.0 Å². The highest BCUT2D eigenvalue weighted by Crippen LogP contribution is 2.42. The molecular formula is C16H19N3O2S2. The van der Waals surface area contributed by atoms with Crippen LogP contribution in [0.15, 0.2) is 5.16 Å². The van der Waals surface area contributed by atoms with Crippen LogP contribution in [-0.4, -0.2) is 39.9 Å². The van der Waals surface area contributed by atoms with Crippen molar-refractivity contribution in [2.45, 2.75) is 49.7 Å². The monoisotopic (exact) mass is 349 g/mol. The molecule has 2 aromatic rings. The van der Waals surface area contributed by atoms with Gasteiger partial charge in [-0.25, -0.2) is 14.8 Å². The van der Waals surface area contributed by atoms with E-state index in [0.717, 1.165) is 47.0 Å². The number of aromatic nitrogens is 2. The van der Waals surface area contributed by atoms with E-state index in [1.165, 1.54) is 35.0 Å². The third-order valence-electron chi connectivity index (χ3n) is 4.77. The van der Waals surface area contributed by atoms with Gasteiger partial charge in [0.25, 0.3) is 0 Å². The highest BCUT2D eigenvalue weighted by molar-refractivity contribution is 7.98. The topological polar surface area (TPSA) is 66.3 Å². The van der Waals surface area contributed by atoms with Crippen LogP contribution in [0.4, 0.5) is 5.82 Å². The number of hydrogen-bond donors (Lipinski definition) is 1. The zero-order valence-corrected chi connectivity index (χ0v) is 14.7. The Morgan fingerprint density at radius 1 is 1.30 bits per heavy atom. The van der Waals surface area contributed by atoms with E-state index >= 15 is 0 Å². The first-order valence-electron chi connectivity index (χ1n) is 8.04. The Morgan fingerprint density at radius 2 is 2.13 bits per heavy atom. The molecule has 1 aliphatic heterocycles. The summed E-state index contributed by atoms with van der Waals surface area (Å²) in [6.07, 6.45) is 8.19. The number of carboxylic acids is 1. The summed E-state index contributed by atoms with van der Waals surface area (Å²) < 4.78 is 0. The summed E-state index contributed by atoms with van der Waals surface area (Å²) in [5.74, 6) is 0.104. The molecule has 23 heavy (non-hydrogen) atoms. The fourth-order valence-electron chi connectivity index (χ4n) is 3.70. The number of thioether (sulfide) groups is 1. The van der Waals surface area contributed by atoms with E-state index in [-0.39, 0.29) is 0 Å². The van der Waals surface area contributed by atoms with Crippen molar-refractivity contribution in [2.75, 3.05) is 17.7 Å².